The van der Waals surface area contributed by atoms with E-state index in [0.29, 0.717) is 0 Å². The molecule has 3 aromatic carbocycles. The zero-order chi connectivity index (χ0) is 18.2. The molecule has 3 aromatic rings. The molecule has 0 spiro atoms. The average Bonchev–Trinajstić information content (AvgIpc) is 2.68. The molecule has 26 heavy (non-hydrogen) atoms. The van der Waals surface area contributed by atoms with Crippen LogP contribution >= 0.6 is 23.5 Å². The van der Waals surface area contributed by atoms with Crippen LogP contribution in [0.15, 0.2) is 101 Å². The third-order valence-corrected chi connectivity index (χ3v) is 5.99. The number of hydrogen-bond acceptors (Lipinski definition) is 4. The van der Waals surface area contributed by atoms with Crippen LogP contribution in [0, 0.1) is 10.1 Å². The molecule has 0 unspecified atom stereocenters. The van der Waals surface area contributed by atoms with Crippen LogP contribution in [-0.2, 0) is 0 Å². The number of rotatable bonds is 7. The van der Waals surface area contributed by atoms with Gasteiger partial charge in [0.25, 0.3) is 5.69 Å². The van der Waals surface area contributed by atoms with Gasteiger partial charge in [0, 0.05) is 21.9 Å². The van der Waals surface area contributed by atoms with Crippen molar-refractivity contribution in [1.29, 1.82) is 0 Å². The van der Waals surface area contributed by atoms with Crippen LogP contribution in [0.2, 0.25) is 0 Å². The molecule has 130 valence electrons. The predicted molar refractivity (Wildman–Crippen MR) is 111 cm³/mol. The minimum Gasteiger partial charge on any atom is -0.258 e. The first kappa shape index (κ1) is 18.3. The zero-order valence-electron chi connectivity index (χ0n) is 13.9. The summed E-state index contributed by atoms with van der Waals surface area (Å²) in [4.78, 5) is 12.8. The number of nitro groups is 1. The number of thioether (sulfide) groups is 2. The maximum Gasteiger partial charge on any atom is 0.269 e. The molecule has 3 rings (SSSR count). The molecule has 0 saturated heterocycles. The van der Waals surface area contributed by atoms with Crippen molar-refractivity contribution in [3.05, 3.63) is 107 Å². The average molecular weight is 380 g/mol. The predicted octanol–water partition coefficient (Wildman–Crippen LogP) is 6.52. The molecule has 5 heteroatoms. The quantitative estimate of drug-likeness (QED) is 0.203. The molecule has 0 heterocycles. The van der Waals surface area contributed by atoms with E-state index in [0.717, 1.165) is 5.56 Å². The summed E-state index contributed by atoms with van der Waals surface area (Å²) in [5.41, 5.74) is 1.05. The monoisotopic (exact) mass is 379 g/mol. The molecular weight excluding hydrogens is 362 g/mol. The van der Waals surface area contributed by atoms with Crippen LogP contribution in [0.3, 0.4) is 0 Å². The van der Waals surface area contributed by atoms with Gasteiger partial charge in [0.15, 0.2) is 0 Å². The molecular formula is C21H17NO2S2. The minimum atomic E-state index is -0.382. The van der Waals surface area contributed by atoms with Gasteiger partial charge < -0.3 is 0 Å². The Morgan fingerprint density at radius 3 is 1.73 bits per heavy atom. The molecule has 0 fully saturated rings. The molecule has 0 aliphatic rings. The Bertz CT molecular complexity index is 824. The number of non-ortho nitro benzene ring substituents is 1. The highest BCUT2D eigenvalue weighted by Gasteiger charge is 2.09. The van der Waals surface area contributed by atoms with E-state index in [1.807, 2.05) is 42.5 Å². The van der Waals surface area contributed by atoms with Crippen molar-refractivity contribution in [1.82, 2.24) is 0 Å². The van der Waals surface area contributed by atoms with Crippen LogP contribution in [0.4, 0.5) is 5.69 Å². The van der Waals surface area contributed by atoms with E-state index in [1.165, 1.54) is 21.9 Å². The normalized spacial score (nSPS) is 11.1. The summed E-state index contributed by atoms with van der Waals surface area (Å²) in [6.07, 6.45) is 4.15. The molecule has 0 radical (unpaired) electrons. The SMILES string of the molecule is O=[N+]([O-])c1ccc(/C=C/C(Sc2ccccc2)Sc2ccccc2)cc1. The largest absolute Gasteiger partial charge is 0.269 e. The fraction of sp³-hybridized carbons (Fsp3) is 0.0476. The highest BCUT2D eigenvalue weighted by Crippen LogP contribution is 2.36. The Hall–Kier alpha value is -2.50. The number of hydrogen-bond donors (Lipinski definition) is 0. The van der Waals surface area contributed by atoms with E-state index in [9.17, 15) is 10.1 Å². The smallest absolute Gasteiger partial charge is 0.258 e. The third-order valence-electron chi connectivity index (χ3n) is 3.54. The van der Waals surface area contributed by atoms with Gasteiger partial charge in [0.1, 0.15) is 0 Å². The molecule has 0 aliphatic carbocycles. The number of nitro benzene ring substituents is 1. The Balaban J connectivity index is 1.76. The summed E-state index contributed by atoms with van der Waals surface area (Å²) in [5.74, 6) is 0. The molecule has 3 nitrogen and oxygen atoms in total. The molecule has 0 N–H and O–H groups in total. The summed E-state index contributed by atoms with van der Waals surface area (Å²) in [7, 11) is 0. The van der Waals surface area contributed by atoms with Gasteiger partial charge in [0.05, 0.1) is 9.51 Å². The maximum atomic E-state index is 10.8. The summed E-state index contributed by atoms with van der Waals surface area (Å²) >= 11 is 3.56. The lowest BCUT2D eigenvalue weighted by atomic mass is 10.2. The highest BCUT2D eigenvalue weighted by molar-refractivity contribution is 8.17. The Morgan fingerprint density at radius 1 is 0.769 bits per heavy atom. The molecule has 0 saturated carbocycles. The highest BCUT2D eigenvalue weighted by atomic mass is 32.2. The fourth-order valence-corrected chi connectivity index (χ4v) is 4.60. The Morgan fingerprint density at radius 2 is 1.27 bits per heavy atom. The Kier molecular flexibility index (Phi) is 6.52. The second-order valence-electron chi connectivity index (χ2n) is 5.44. The van der Waals surface area contributed by atoms with E-state index < -0.39 is 0 Å². The number of nitrogens with zero attached hydrogens (tertiary/aromatic N) is 1. The summed E-state index contributed by atoms with van der Waals surface area (Å²) in [6.45, 7) is 0. The molecule has 0 aromatic heterocycles. The topological polar surface area (TPSA) is 43.1 Å². The first-order valence-electron chi connectivity index (χ1n) is 8.07. The summed E-state index contributed by atoms with van der Waals surface area (Å²) in [5, 5.41) is 10.8. The lowest BCUT2D eigenvalue weighted by Gasteiger charge is -2.12. The fourth-order valence-electron chi connectivity index (χ4n) is 2.27. The van der Waals surface area contributed by atoms with Crippen molar-refractivity contribution in [3.8, 4) is 0 Å². The second kappa shape index (κ2) is 9.27. The van der Waals surface area contributed by atoms with Gasteiger partial charge in [-0.3, -0.25) is 10.1 Å². The molecule has 0 amide bonds. The zero-order valence-corrected chi connectivity index (χ0v) is 15.5. The van der Waals surface area contributed by atoms with Gasteiger partial charge in [-0.15, -0.1) is 23.5 Å². The molecule has 0 bridgehead atoms. The van der Waals surface area contributed by atoms with Crippen molar-refractivity contribution in [2.45, 2.75) is 14.4 Å². The standard InChI is InChI=1S/C21H17NO2S2/c23-22(24)18-14-11-17(12-15-18)13-16-21(25-19-7-3-1-4-8-19)26-20-9-5-2-6-10-20/h1-16,21H/b16-13+. The van der Waals surface area contributed by atoms with E-state index in [2.05, 4.69) is 30.3 Å². The van der Waals surface area contributed by atoms with Crippen LogP contribution in [0.1, 0.15) is 5.56 Å². The second-order valence-corrected chi connectivity index (χ2v) is 8.17. The first-order valence-corrected chi connectivity index (χ1v) is 9.83. The first-order chi connectivity index (χ1) is 12.7. The number of benzene rings is 3. The molecule has 0 aliphatic heterocycles. The van der Waals surface area contributed by atoms with E-state index in [-0.39, 0.29) is 15.2 Å². The Labute approximate surface area is 161 Å². The van der Waals surface area contributed by atoms with Gasteiger partial charge in [-0.25, -0.2) is 0 Å². The van der Waals surface area contributed by atoms with E-state index in [1.54, 1.807) is 35.7 Å². The lowest BCUT2D eigenvalue weighted by molar-refractivity contribution is -0.384. The van der Waals surface area contributed by atoms with Crippen molar-refractivity contribution in [2.75, 3.05) is 0 Å². The maximum absolute atomic E-state index is 10.8. The lowest BCUT2D eigenvalue weighted by Crippen LogP contribution is -1.92. The van der Waals surface area contributed by atoms with Crippen LogP contribution in [0.5, 0.6) is 0 Å². The van der Waals surface area contributed by atoms with Gasteiger partial charge in [-0.1, -0.05) is 48.6 Å². The van der Waals surface area contributed by atoms with Crippen molar-refractivity contribution in [3.63, 3.8) is 0 Å². The third kappa shape index (κ3) is 5.51. The summed E-state index contributed by atoms with van der Waals surface area (Å²) < 4.78 is 0.190. The van der Waals surface area contributed by atoms with Crippen LogP contribution in [0.25, 0.3) is 6.08 Å². The van der Waals surface area contributed by atoms with E-state index in [4.69, 9.17) is 0 Å². The molecule has 0 atom stereocenters. The van der Waals surface area contributed by atoms with Gasteiger partial charge in [-0.2, -0.15) is 0 Å². The van der Waals surface area contributed by atoms with Gasteiger partial charge in [-0.05, 0) is 42.0 Å². The van der Waals surface area contributed by atoms with Gasteiger partial charge in [0.2, 0.25) is 0 Å². The van der Waals surface area contributed by atoms with Crippen LogP contribution < -0.4 is 0 Å². The summed E-state index contributed by atoms with van der Waals surface area (Å²) in [6, 6.07) is 27.2. The van der Waals surface area contributed by atoms with E-state index >= 15 is 0 Å². The van der Waals surface area contributed by atoms with Crippen molar-refractivity contribution < 1.29 is 4.92 Å². The van der Waals surface area contributed by atoms with Crippen LogP contribution in [-0.4, -0.2) is 9.51 Å². The van der Waals surface area contributed by atoms with Gasteiger partial charge >= 0.3 is 0 Å². The van der Waals surface area contributed by atoms with Crippen molar-refractivity contribution in [2.24, 2.45) is 0 Å². The van der Waals surface area contributed by atoms with Crippen molar-refractivity contribution >= 4 is 35.3 Å². The minimum absolute atomic E-state index is 0.107.